The molecular formula is C29H32ClF4NO3S. The lowest BCUT2D eigenvalue weighted by Crippen LogP contribution is -2.51. The summed E-state index contributed by atoms with van der Waals surface area (Å²) in [5.74, 6) is -0.406. The van der Waals surface area contributed by atoms with Crippen molar-refractivity contribution in [2.75, 3.05) is 18.1 Å². The molecule has 10 heteroatoms. The van der Waals surface area contributed by atoms with E-state index < -0.39 is 32.7 Å². The van der Waals surface area contributed by atoms with Crippen LogP contribution < -0.4 is 0 Å². The number of hydrogen-bond acceptors (Lipinski definition) is 3. The molecule has 0 spiro atoms. The molecule has 2 heterocycles. The second-order valence-electron chi connectivity index (χ2n) is 11.6. The summed E-state index contributed by atoms with van der Waals surface area (Å²) < 4.78 is 79.2. The Bertz CT molecular complexity index is 1390. The number of carbonyl (C=O) groups is 1. The third-order valence-electron chi connectivity index (χ3n) is 9.16. The molecule has 0 aromatic heterocycles. The Morgan fingerprint density at radius 1 is 1.08 bits per heavy atom. The molecule has 2 saturated heterocycles. The van der Waals surface area contributed by atoms with Crippen molar-refractivity contribution in [1.29, 1.82) is 0 Å². The number of amides is 1. The molecule has 39 heavy (non-hydrogen) atoms. The largest absolute Gasteiger partial charge is 0.426 e. The van der Waals surface area contributed by atoms with E-state index >= 15 is 0 Å². The number of halogens is 5. The Kier molecular flexibility index (Phi) is 7.10. The van der Waals surface area contributed by atoms with Gasteiger partial charge in [-0.3, -0.25) is 4.79 Å². The zero-order valence-corrected chi connectivity index (χ0v) is 23.5. The number of hydrogen-bond donors (Lipinski definition) is 0. The van der Waals surface area contributed by atoms with Crippen LogP contribution in [0.1, 0.15) is 60.4 Å². The van der Waals surface area contributed by atoms with Crippen LogP contribution in [0.2, 0.25) is 5.02 Å². The predicted octanol–water partition coefficient (Wildman–Crippen LogP) is 6.25. The van der Waals surface area contributed by atoms with Crippen LogP contribution in [0.5, 0.6) is 0 Å². The molecule has 2 aliphatic heterocycles. The molecule has 1 amide bonds. The number of benzene rings is 2. The van der Waals surface area contributed by atoms with Gasteiger partial charge in [0.25, 0.3) is 0 Å². The van der Waals surface area contributed by atoms with Crippen molar-refractivity contribution in [2.45, 2.75) is 75.7 Å². The van der Waals surface area contributed by atoms with Gasteiger partial charge in [-0.05, 0) is 86.3 Å². The van der Waals surface area contributed by atoms with E-state index in [4.69, 9.17) is 11.6 Å². The second-order valence-corrected chi connectivity index (χ2v) is 14.3. The molecule has 3 unspecified atom stereocenters. The number of fused-ring (bicyclic) bond motifs is 3. The van der Waals surface area contributed by atoms with Crippen molar-refractivity contribution < 1.29 is 30.8 Å². The molecule has 0 bridgehead atoms. The fourth-order valence-corrected chi connectivity index (χ4v) is 8.46. The molecule has 0 radical (unpaired) electrons. The van der Waals surface area contributed by atoms with Crippen molar-refractivity contribution in [3.63, 3.8) is 0 Å². The standard InChI is InChI=1S/C29H32ClF4NO3S/c1-18-3-4-19(15-24(18)30)17-28-11-12-35(26(36)20-9-13-39(37,38)14-10-20)25(28)8-5-21-16-22(6-7-23(21)28)27(2,31)29(32,33)34/h3-4,6-7,15-16,20,25H,5,8-14,17H2,1-2H3. The maximum atomic E-state index is 14.9. The maximum absolute atomic E-state index is 14.9. The quantitative estimate of drug-likeness (QED) is 0.399. The minimum absolute atomic E-state index is 0.00172. The average molecular weight is 586 g/mol. The van der Waals surface area contributed by atoms with E-state index in [0.29, 0.717) is 62.6 Å². The highest BCUT2D eigenvalue weighted by Gasteiger charge is 2.56. The molecule has 2 fully saturated rings. The van der Waals surface area contributed by atoms with E-state index in [2.05, 4.69) is 0 Å². The number of carbonyl (C=O) groups excluding carboxylic acids is 1. The Hall–Kier alpha value is -2.13. The van der Waals surface area contributed by atoms with Gasteiger partial charge < -0.3 is 4.90 Å². The monoisotopic (exact) mass is 585 g/mol. The molecule has 5 rings (SSSR count). The van der Waals surface area contributed by atoms with Gasteiger partial charge in [0.2, 0.25) is 11.6 Å². The first-order chi connectivity index (χ1) is 18.1. The molecular weight excluding hydrogens is 554 g/mol. The fraction of sp³-hybridized carbons (Fsp3) is 0.552. The van der Waals surface area contributed by atoms with Gasteiger partial charge in [-0.2, -0.15) is 13.2 Å². The van der Waals surface area contributed by atoms with Crippen molar-refractivity contribution in [1.82, 2.24) is 4.90 Å². The van der Waals surface area contributed by atoms with Crippen LogP contribution in [0.25, 0.3) is 0 Å². The third kappa shape index (κ3) is 4.98. The molecule has 1 aliphatic carbocycles. The van der Waals surface area contributed by atoms with Gasteiger partial charge in [0, 0.05) is 28.9 Å². The van der Waals surface area contributed by atoms with E-state index in [1.54, 1.807) is 6.07 Å². The van der Waals surface area contributed by atoms with Crippen LogP contribution in [-0.2, 0) is 38.6 Å². The smallest absolute Gasteiger partial charge is 0.339 e. The van der Waals surface area contributed by atoms with Crippen molar-refractivity contribution in [3.8, 4) is 0 Å². The molecule has 0 saturated carbocycles. The lowest BCUT2D eigenvalue weighted by molar-refractivity contribution is -0.228. The fourth-order valence-electron chi connectivity index (χ4n) is 6.77. The molecule has 2 aromatic carbocycles. The molecule has 212 valence electrons. The zero-order valence-electron chi connectivity index (χ0n) is 22.0. The predicted molar refractivity (Wildman–Crippen MR) is 142 cm³/mol. The molecule has 0 N–H and O–H groups in total. The number of sulfone groups is 1. The number of nitrogens with zero attached hydrogens (tertiary/aromatic N) is 1. The highest BCUT2D eigenvalue weighted by molar-refractivity contribution is 7.91. The minimum Gasteiger partial charge on any atom is -0.339 e. The number of aryl methyl sites for hydroxylation is 2. The van der Waals surface area contributed by atoms with Crippen LogP contribution in [-0.4, -0.2) is 49.5 Å². The van der Waals surface area contributed by atoms with Crippen LogP contribution in [0.4, 0.5) is 17.6 Å². The van der Waals surface area contributed by atoms with Gasteiger partial charge >= 0.3 is 6.18 Å². The number of likely N-dealkylation sites (tertiary alicyclic amines) is 1. The third-order valence-corrected chi connectivity index (χ3v) is 11.3. The van der Waals surface area contributed by atoms with Gasteiger partial charge in [0.15, 0.2) is 0 Å². The van der Waals surface area contributed by atoms with Crippen LogP contribution >= 0.6 is 11.6 Å². The SMILES string of the molecule is Cc1ccc(CC23CCN(C(=O)C4CCS(=O)(=O)CC4)C2CCc2cc(C(C)(F)C(F)(F)F)ccc23)cc1Cl. The van der Waals surface area contributed by atoms with Crippen LogP contribution in [0.15, 0.2) is 36.4 Å². The first-order valence-corrected chi connectivity index (χ1v) is 15.5. The minimum atomic E-state index is -5.04. The van der Waals surface area contributed by atoms with Crippen LogP contribution in [0, 0.1) is 12.8 Å². The van der Waals surface area contributed by atoms with Gasteiger partial charge in [-0.25, -0.2) is 12.8 Å². The molecule has 2 aromatic rings. The Morgan fingerprint density at radius 3 is 2.41 bits per heavy atom. The van der Waals surface area contributed by atoms with E-state index in [0.717, 1.165) is 16.7 Å². The van der Waals surface area contributed by atoms with Crippen molar-refractivity contribution in [3.05, 3.63) is 69.2 Å². The maximum Gasteiger partial charge on any atom is 0.426 e. The number of rotatable bonds is 4. The summed E-state index contributed by atoms with van der Waals surface area (Å²) in [4.78, 5) is 15.6. The Morgan fingerprint density at radius 2 is 1.77 bits per heavy atom. The van der Waals surface area contributed by atoms with Crippen molar-refractivity contribution >= 4 is 27.3 Å². The molecule has 3 aliphatic rings. The van der Waals surface area contributed by atoms with E-state index in [1.807, 2.05) is 30.0 Å². The average Bonchev–Trinajstić information content (AvgIpc) is 3.24. The summed E-state index contributed by atoms with van der Waals surface area (Å²) in [7, 11) is -3.12. The Balaban J connectivity index is 1.54. The van der Waals surface area contributed by atoms with Gasteiger partial charge in [-0.1, -0.05) is 41.9 Å². The highest BCUT2D eigenvalue weighted by Crippen LogP contribution is 2.51. The Labute approximate surface area is 231 Å². The summed E-state index contributed by atoms with van der Waals surface area (Å²) in [6, 6.07) is 9.79. The first kappa shape index (κ1) is 28.4. The topological polar surface area (TPSA) is 54.5 Å². The summed E-state index contributed by atoms with van der Waals surface area (Å²) in [6.45, 7) is 2.92. The van der Waals surface area contributed by atoms with E-state index in [1.165, 1.54) is 12.1 Å². The van der Waals surface area contributed by atoms with Crippen molar-refractivity contribution in [2.24, 2.45) is 5.92 Å². The lowest BCUT2D eigenvalue weighted by atomic mass is 9.63. The van der Waals surface area contributed by atoms with Crippen LogP contribution in [0.3, 0.4) is 0 Å². The number of alkyl halides is 4. The van der Waals surface area contributed by atoms with Gasteiger partial charge in [-0.15, -0.1) is 0 Å². The van der Waals surface area contributed by atoms with E-state index in [9.17, 15) is 30.8 Å². The first-order valence-electron chi connectivity index (χ1n) is 13.3. The summed E-state index contributed by atoms with van der Waals surface area (Å²) in [6.07, 6.45) is -2.37. The highest BCUT2D eigenvalue weighted by atomic mass is 35.5. The normalized spacial score (nSPS) is 26.5. The summed E-state index contributed by atoms with van der Waals surface area (Å²) in [5, 5.41) is 0.611. The van der Waals surface area contributed by atoms with Gasteiger partial charge in [0.05, 0.1) is 11.5 Å². The second kappa shape index (κ2) is 9.75. The lowest BCUT2D eigenvalue weighted by Gasteiger charge is -2.44. The summed E-state index contributed by atoms with van der Waals surface area (Å²) >= 11 is 6.43. The van der Waals surface area contributed by atoms with E-state index in [-0.39, 0.29) is 29.4 Å². The molecule has 4 nitrogen and oxygen atoms in total. The summed E-state index contributed by atoms with van der Waals surface area (Å²) in [5.41, 5.74) is -1.08. The van der Waals surface area contributed by atoms with Gasteiger partial charge in [0.1, 0.15) is 9.84 Å². The zero-order chi connectivity index (χ0) is 28.4. The molecule has 3 atom stereocenters.